The topological polar surface area (TPSA) is 70.1 Å². The highest BCUT2D eigenvalue weighted by Crippen LogP contribution is 2.33. The van der Waals surface area contributed by atoms with Crippen molar-refractivity contribution in [1.29, 1.82) is 5.26 Å². The van der Waals surface area contributed by atoms with Gasteiger partial charge in [0.15, 0.2) is 0 Å². The number of hydrogen-bond acceptors (Lipinski definition) is 3. The number of nitrogens with two attached hydrogens (primary N) is 1. The normalized spacial score (nSPS) is 19.8. The second-order valence-corrected chi connectivity index (χ2v) is 4.13. The first-order valence-corrected chi connectivity index (χ1v) is 5.59. The molecule has 0 unspecified atom stereocenters. The van der Waals surface area contributed by atoms with E-state index >= 15 is 0 Å². The smallest absolute Gasteiger partial charge is 0.237 e. The Balaban J connectivity index is 2.87. The Morgan fingerprint density at radius 3 is 2.47 bits per heavy atom. The maximum absolute atomic E-state index is 11.6. The number of hydrogen-bond donors (Lipinski definition) is 1. The van der Waals surface area contributed by atoms with Crippen LogP contribution in [0.15, 0.2) is 0 Å². The first-order valence-electron chi connectivity index (χ1n) is 5.59. The third-order valence-electron chi connectivity index (χ3n) is 3.39. The quantitative estimate of drug-likeness (QED) is 0.703. The third kappa shape index (κ3) is 2.29. The molecule has 1 fully saturated rings. The van der Waals surface area contributed by atoms with Crippen molar-refractivity contribution in [2.24, 2.45) is 5.73 Å². The summed E-state index contributed by atoms with van der Waals surface area (Å²) in [6.07, 6.45) is 4.84. The number of primary amides is 1. The Hall–Kier alpha value is -1.08. The molecule has 0 saturated heterocycles. The van der Waals surface area contributed by atoms with Gasteiger partial charge in [-0.15, -0.1) is 0 Å². The van der Waals surface area contributed by atoms with Gasteiger partial charge < -0.3 is 5.73 Å². The van der Waals surface area contributed by atoms with Crippen molar-refractivity contribution < 1.29 is 4.79 Å². The van der Waals surface area contributed by atoms with E-state index in [1.807, 2.05) is 11.8 Å². The molecule has 0 spiro atoms. The summed E-state index contributed by atoms with van der Waals surface area (Å²) in [6.45, 7) is 2.96. The molecule has 15 heavy (non-hydrogen) atoms. The van der Waals surface area contributed by atoms with Crippen LogP contribution in [0.4, 0.5) is 0 Å². The molecule has 1 aliphatic rings. The van der Waals surface area contributed by atoms with E-state index in [1.54, 1.807) is 0 Å². The van der Waals surface area contributed by atoms with Crippen molar-refractivity contribution in [1.82, 2.24) is 4.90 Å². The molecule has 1 aliphatic carbocycles. The number of carbonyl (C=O) groups is 1. The van der Waals surface area contributed by atoms with Crippen molar-refractivity contribution in [2.75, 3.05) is 13.1 Å². The average Bonchev–Trinajstić information content (AvgIpc) is 2.26. The van der Waals surface area contributed by atoms with Crippen LogP contribution in [0, 0.1) is 11.3 Å². The summed E-state index contributed by atoms with van der Waals surface area (Å²) in [6, 6.07) is 2.11. The zero-order chi connectivity index (χ0) is 11.3. The van der Waals surface area contributed by atoms with Crippen LogP contribution in [0.3, 0.4) is 0 Å². The molecule has 4 heteroatoms. The molecule has 0 radical (unpaired) electrons. The lowest BCUT2D eigenvalue weighted by Gasteiger charge is -2.42. The predicted octanol–water partition coefficient (Wildman–Crippen LogP) is 1.02. The highest BCUT2D eigenvalue weighted by molar-refractivity contribution is 5.84. The molecule has 0 aromatic rings. The van der Waals surface area contributed by atoms with Crippen molar-refractivity contribution in [3.63, 3.8) is 0 Å². The lowest BCUT2D eigenvalue weighted by Crippen LogP contribution is -2.58. The van der Waals surface area contributed by atoms with E-state index < -0.39 is 5.54 Å². The molecular weight excluding hydrogens is 190 g/mol. The van der Waals surface area contributed by atoms with Gasteiger partial charge in [-0.1, -0.05) is 26.2 Å². The zero-order valence-corrected chi connectivity index (χ0v) is 9.33. The minimum Gasteiger partial charge on any atom is -0.368 e. The molecule has 1 amide bonds. The lowest BCUT2D eigenvalue weighted by atomic mass is 9.79. The summed E-state index contributed by atoms with van der Waals surface area (Å²) >= 11 is 0. The van der Waals surface area contributed by atoms with Crippen molar-refractivity contribution in [2.45, 2.75) is 44.6 Å². The van der Waals surface area contributed by atoms with Gasteiger partial charge in [0.05, 0.1) is 12.6 Å². The highest BCUT2D eigenvalue weighted by atomic mass is 16.1. The second-order valence-electron chi connectivity index (χ2n) is 4.13. The fourth-order valence-corrected chi connectivity index (χ4v) is 2.51. The van der Waals surface area contributed by atoms with Gasteiger partial charge in [0.2, 0.25) is 5.91 Å². The Morgan fingerprint density at radius 1 is 1.47 bits per heavy atom. The first-order chi connectivity index (χ1) is 7.17. The van der Waals surface area contributed by atoms with Gasteiger partial charge in [-0.3, -0.25) is 9.69 Å². The summed E-state index contributed by atoms with van der Waals surface area (Å²) in [5.74, 6) is -0.265. The van der Waals surface area contributed by atoms with Gasteiger partial charge in [-0.25, -0.2) is 0 Å². The summed E-state index contributed by atoms with van der Waals surface area (Å²) < 4.78 is 0. The van der Waals surface area contributed by atoms with E-state index in [0.29, 0.717) is 13.1 Å². The monoisotopic (exact) mass is 209 g/mol. The van der Waals surface area contributed by atoms with Gasteiger partial charge in [-0.05, 0) is 19.4 Å². The van der Waals surface area contributed by atoms with Gasteiger partial charge >= 0.3 is 0 Å². The second kappa shape index (κ2) is 5.13. The summed E-state index contributed by atoms with van der Waals surface area (Å²) in [5, 5.41) is 8.75. The Morgan fingerprint density at radius 2 is 2.07 bits per heavy atom. The van der Waals surface area contributed by atoms with Gasteiger partial charge in [-0.2, -0.15) is 5.26 Å². The Kier molecular flexibility index (Phi) is 4.10. The number of amides is 1. The third-order valence-corrected chi connectivity index (χ3v) is 3.39. The molecule has 1 rings (SSSR count). The van der Waals surface area contributed by atoms with Crippen LogP contribution in [0.25, 0.3) is 0 Å². The Labute approximate surface area is 91.0 Å². The van der Waals surface area contributed by atoms with E-state index in [1.165, 1.54) is 6.42 Å². The van der Waals surface area contributed by atoms with Crippen molar-refractivity contribution in [3.8, 4) is 6.07 Å². The van der Waals surface area contributed by atoms with Crippen LogP contribution in [-0.4, -0.2) is 29.4 Å². The van der Waals surface area contributed by atoms with Crippen LogP contribution in [-0.2, 0) is 4.79 Å². The van der Waals surface area contributed by atoms with Gasteiger partial charge in [0.1, 0.15) is 5.54 Å². The largest absolute Gasteiger partial charge is 0.368 e. The minimum atomic E-state index is -0.553. The lowest BCUT2D eigenvalue weighted by molar-refractivity contribution is -0.132. The molecule has 0 aromatic heterocycles. The van der Waals surface area contributed by atoms with Crippen molar-refractivity contribution in [3.05, 3.63) is 0 Å². The van der Waals surface area contributed by atoms with Crippen LogP contribution >= 0.6 is 0 Å². The van der Waals surface area contributed by atoms with Crippen LogP contribution < -0.4 is 5.73 Å². The maximum Gasteiger partial charge on any atom is 0.237 e. The molecular formula is C11H19N3O. The number of nitrogens with zero attached hydrogens (tertiary/aromatic N) is 2. The molecule has 0 atom stereocenters. The Bertz CT molecular complexity index is 263. The highest BCUT2D eigenvalue weighted by Gasteiger charge is 2.42. The predicted molar refractivity (Wildman–Crippen MR) is 57.9 cm³/mol. The number of carbonyl (C=O) groups excluding carboxylic acids is 1. The fraction of sp³-hybridized carbons (Fsp3) is 0.818. The molecule has 0 aliphatic heterocycles. The van der Waals surface area contributed by atoms with Gasteiger partial charge in [0, 0.05) is 0 Å². The fourth-order valence-electron chi connectivity index (χ4n) is 2.51. The number of nitriles is 1. The van der Waals surface area contributed by atoms with E-state index in [-0.39, 0.29) is 5.91 Å². The number of likely N-dealkylation sites (N-methyl/N-ethyl adjacent to an activating group) is 1. The molecule has 4 nitrogen and oxygen atoms in total. The molecule has 0 bridgehead atoms. The van der Waals surface area contributed by atoms with E-state index in [0.717, 1.165) is 25.7 Å². The summed E-state index contributed by atoms with van der Waals surface area (Å²) in [4.78, 5) is 13.5. The maximum atomic E-state index is 11.6. The molecule has 84 valence electrons. The SMILES string of the molecule is CCN(CC#N)C1(C(N)=O)CCCCC1. The summed E-state index contributed by atoms with van der Waals surface area (Å²) in [5.41, 5.74) is 4.97. The summed E-state index contributed by atoms with van der Waals surface area (Å²) in [7, 11) is 0. The number of rotatable bonds is 4. The van der Waals surface area contributed by atoms with Crippen LogP contribution in [0.5, 0.6) is 0 Å². The average molecular weight is 209 g/mol. The van der Waals surface area contributed by atoms with Gasteiger partial charge in [0.25, 0.3) is 0 Å². The molecule has 0 aromatic carbocycles. The molecule has 0 heterocycles. The minimum absolute atomic E-state index is 0.265. The van der Waals surface area contributed by atoms with Crippen LogP contribution in [0.1, 0.15) is 39.0 Å². The van der Waals surface area contributed by atoms with E-state index in [9.17, 15) is 4.79 Å². The van der Waals surface area contributed by atoms with E-state index in [2.05, 4.69) is 6.07 Å². The van der Waals surface area contributed by atoms with Crippen LogP contribution in [0.2, 0.25) is 0 Å². The zero-order valence-electron chi connectivity index (χ0n) is 9.33. The standard InChI is InChI=1S/C11H19N3O/c1-2-14(9-8-12)11(10(13)15)6-4-3-5-7-11/h2-7,9H2,1H3,(H2,13,15). The molecule has 1 saturated carbocycles. The van der Waals surface area contributed by atoms with E-state index in [4.69, 9.17) is 11.0 Å². The first kappa shape index (κ1) is 12.0. The molecule has 2 N–H and O–H groups in total. The van der Waals surface area contributed by atoms with Crippen molar-refractivity contribution >= 4 is 5.91 Å².